The number of aryl methyl sites for hydroxylation is 1. The predicted molar refractivity (Wildman–Crippen MR) is 94.7 cm³/mol. The summed E-state index contributed by atoms with van der Waals surface area (Å²) in [6.07, 6.45) is 8.29. The van der Waals surface area contributed by atoms with Gasteiger partial charge in [0.05, 0.1) is 5.75 Å². The number of hydrogen-bond acceptors (Lipinski definition) is 6. The molecule has 3 rings (SSSR count). The molecule has 6 nitrogen and oxygen atoms in total. The van der Waals surface area contributed by atoms with E-state index in [9.17, 15) is 8.42 Å². The highest BCUT2D eigenvalue weighted by Crippen LogP contribution is 2.29. The minimum atomic E-state index is -2.95. The van der Waals surface area contributed by atoms with Crippen LogP contribution in [0.3, 0.4) is 0 Å². The quantitative estimate of drug-likeness (QED) is 0.863. The van der Waals surface area contributed by atoms with Crippen molar-refractivity contribution < 1.29 is 8.42 Å². The lowest BCUT2D eigenvalue weighted by atomic mass is 10.2. The molecule has 2 heterocycles. The summed E-state index contributed by atoms with van der Waals surface area (Å²) in [5, 5.41) is 3.39. The van der Waals surface area contributed by atoms with Gasteiger partial charge in [0.2, 0.25) is 0 Å². The van der Waals surface area contributed by atoms with Gasteiger partial charge in [0.1, 0.15) is 15.7 Å². The highest BCUT2D eigenvalue weighted by atomic mass is 32.2. The average Bonchev–Trinajstić information content (AvgIpc) is 3.02. The van der Waals surface area contributed by atoms with E-state index in [4.69, 9.17) is 9.97 Å². The summed E-state index contributed by atoms with van der Waals surface area (Å²) in [5.74, 6) is 1.70. The van der Waals surface area contributed by atoms with E-state index < -0.39 is 9.84 Å². The Kier molecular flexibility index (Phi) is 4.80. The molecule has 2 aromatic heterocycles. The fraction of sp³-hybridized carbons (Fsp3) is 0.471. The van der Waals surface area contributed by atoms with Crippen molar-refractivity contribution in [2.75, 3.05) is 17.3 Å². The maximum absolute atomic E-state index is 11.4. The second-order valence-electron chi connectivity index (χ2n) is 6.37. The van der Waals surface area contributed by atoms with Crippen LogP contribution in [0.25, 0.3) is 11.4 Å². The van der Waals surface area contributed by atoms with E-state index in [1.54, 1.807) is 12.4 Å². The number of pyridine rings is 1. The van der Waals surface area contributed by atoms with E-state index >= 15 is 0 Å². The summed E-state index contributed by atoms with van der Waals surface area (Å²) in [6, 6.07) is 3.82. The van der Waals surface area contributed by atoms with Crippen LogP contribution >= 0.6 is 0 Å². The van der Waals surface area contributed by atoms with E-state index in [-0.39, 0.29) is 11.8 Å². The third-order valence-electron chi connectivity index (χ3n) is 4.18. The fourth-order valence-electron chi connectivity index (χ4n) is 2.88. The molecule has 0 saturated carbocycles. The van der Waals surface area contributed by atoms with Crippen molar-refractivity contribution in [3.05, 3.63) is 35.8 Å². The monoisotopic (exact) mass is 346 g/mol. The normalized spacial score (nSPS) is 15.1. The standard InChI is InChI=1S/C17H22N4O2S/c1-12(8-11-24(2,22)23)19-17-14-4-3-5-15(14)20-16(21-17)13-6-9-18-10-7-13/h6-7,9-10,12H,3-5,8,11H2,1-2H3,(H,19,20,21). The molecule has 0 fully saturated rings. The molecule has 0 aromatic carbocycles. The second-order valence-corrected chi connectivity index (χ2v) is 8.63. The molecule has 24 heavy (non-hydrogen) atoms. The molecule has 0 radical (unpaired) electrons. The number of rotatable bonds is 6. The van der Waals surface area contributed by atoms with E-state index in [1.165, 1.54) is 11.8 Å². The van der Waals surface area contributed by atoms with Crippen molar-refractivity contribution >= 4 is 15.7 Å². The Hall–Kier alpha value is -2.02. The van der Waals surface area contributed by atoms with Gasteiger partial charge in [-0.1, -0.05) is 0 Å². The third kappa shape index (κ3) is 4.08. The number of nitrogens with one attached hydrogen (secondary N) is 1. The zero-order valence-electron chi connectivity index (χ0n) is 14.0. The van der Waals surface area contributed by atoms with Crippen LogP contribution < -0.4 is 5.32 Å². The van der Waals surface area contributed by atoms with Crippen molar-refractivity contribution in [1.82, 2.24) is 15.0 Å². The van der Waals surface area contributed by atoms with Crippen LogP contribution in [0.5, 0.6) is 0 Å². The number of hydrogen-bond donors (Lipinski definition) is 1. The molecule has 1 unspecified atom stereocenters. The first-order valence-electron chi connectivity index (χ1n) is 8.17. The summed E-state index contributed by atoms with van der Waals surface area (Å²) in [4.78, 5) is 13.4. The Balaban J connectivity index is 1.86. The number of sulfone groups is 1. The molecule has 0 bridgehead atoms. The first-order chi connectivity index (χ1) is 11.4. The average molecular weight is 346 g/mol. The Labute approximate surface area is 142 Å². The summed E-state index contributed by atoms with van der Waals surface area (Å²) < 4.78 is 22.7. The fourth-order valence-corrected chi connectivity index (χ4v) is 3.66. The van der Waals surface area contributed by atoms with Crippen molar-refractivity contribution in [2.45, 2.75) is 38.6 Å². The third-order valence-corrected chi connectivity index (χ3v) is 5.15. The van der Waals surface area contributed by atoms with Crippen LogP contribution in [0, 0.1) is 0 Å². The van der Waals surface area contributed by atoms with E-state index in [0.29, 0.717) is 12.2 Å². The zero-order valence-corrected chi connectivity index (χ0v) is 14.8. The first kappa shape index (κ1) is 16.8. The lowest BCUT2D eigenvalue weighted by Crippen LogP contribution is -2.21. The van der Waals surface area contributed by atoms with Crippen molar-refractivity contribution in [3.8, 4) is 11.4 Å². The molecule has 1 aliphatic carbocycles. The molecule has 0 amide bonds. The van der Waals surface area contributed by atoms with Gasteiger partial charge in [-0.3, -0.25) is 4.98 Å². The van der Waals surface area contributed by atoms with Gasteiger partial charge in [0.25, 0.3) is 0 Å². The number of anilines is 1. The molecule has 1 atom stereocenters. The van der Waals surface area contributed by atoms with Crippen molar-refractivity contribution in [2.24, 2.45) is 0 Å². The van der Waals surface area contributed by atoms with Gasteiger partial charge in [-0.25, -0.2) is 18.4 Å². The van der Waals surface area contributed by atoms with Crippen LogP contribution in [-0.4, -0.2) is 41.4 Å². The molecule has 1 N–H and O–H groups in total. The molecule has 1 aliphatic rings. The Morgan fingerprint density at radius 3 is 2.67 bits per heavy atom. The molecule has 0 aliphatic heterocycles. The van der Waals surface area contributed by atoms with Gasteiger partial charge in [-0.15, -0.1) is 0 Å². The van der Waals surface area contributed by atoms with E-state index in [0.717, 1.165) is 36.3 Å². The van der Waals surface area contributed by atoms with Gasteiger partial charge in [-0.2, -0.15) is 0 Å². The minimum absolute atomic E-state index is 0.0321. The molecule has 7 heteroatoms. The van der Waals surface area contributed by atoms with Crippen LogP contribution in [-0.2, 0) is 22.7 Å². The maximum Gasteiger partial charge on any atom is 0.161 e. The SMILES string of the molecule is CC(CCS(C)(=O)=O)Nc1nc(-c2ccncc2)nc2c1CCC2. The van der Waals surface area contributed by atoms with E-state index in [2.05, 4.69) is 10.3 Å². The van der Waals surface area contributed by atoms with Crippen molar-refractivity contribution in [3.63, 3.8) is 0 Å². The Morgan fingerprint density at radius 1 is 1.21 bits per heavy atom. The van der Waals surface area contributed by atoms with E-state index in [1.807, 2.05) is 19.1 Å². The smallest absolute Gasteiger partial charge is 0.161 e. The zero-order chi connectivity index (χ0) is 17.2. The lowest BCUT2D eigenvalue weighted by molar-refractivity contribution is 0.595. The number of fused-ring (bicyclic) bond motifs is 1. The highest BCUT2D eigenvalue weighted by Gasteiger charge is 2.21. The molecular formula is C17H22N4O2S. The minimum Gasteiger partial charge on any atom is -0.367 e. The topological polar surface area (TPSA) is 84.8 Å². The largest absolute Gasteiger partial charge is 0.367 e. The second kappa shape index (κ2) is 6.84. The summed E-state index contributed by atoms with van der Waals surface area (Å²) >= 11 is 0. The molecular weight excluding hydrogens is 324 g/mol. The number of nitrogens with zero attached hydrogens (tertiary/aromatic N) is 3. The first-order valence-corrected chi connectivity index (χ1v) is 10.2. The van der Waals surface area contributed by atoms with Gasteiger partial charge in [0.15, 0.2) is 5.82 Å². The Morgan fingerprint density at radius 2 is 1.96 bits per heavy atom. The van der Waals surface area contributed by atoms with Gasteiger partial charge in [-0.05, 0) is 44.7 Å². The van der Waals surface area contributed by atoms with Crippen molar-refractivity contribution in [1.29, 1.82) is 0 Å². The molecule has 128 valence electrons. The summed E-state index contributed by atoms with van der Waals surface area (Å²) in [6.45, 7) is 1.99. The van der Waals surface area contributed by atoms with Crippen LogP contribution in [0.2, 0.25) is 0 Å². The highest BCUT2D eigenvalue weighted by molar-refractivity contribution is 7.90. The maximum atomic E-state index is 11.4. The summed E-state index contributed by atoms with van der Waals surface area (Å²) in [7, 11) is -2.95. The lowest BCUT2D eigenvalue weighted by Gasteiger charge is -2.17. The summed E-state index contributed by atoms with van der Waals surface area (Å²) in [5.41, 5.74) is 3.19. The van der Waals surface area contributed by atoms with Crippen LogP contribution in [0.15, 0.2) is 24.5 Å². The van der Waals surface area contributed by atoms with Crippen LogP contribution in [0.4, 0.5) is 5.82 Å². The van der Waals surface area contributed by atoms with Crippen LogP contribution in [0.1, 0.15) is 31.0 Å². The van der Waals surface area contributed by atoms with Gasteiger partial charge < -0.3 is 5.32 Å². The predicted octanol–water partition coefficient (Wildman–Crippen LogP) is 2.26. The molecule has 2 aromatic rings. The number of aromatic nitrogens is 3. The Bertz CT molecular complexity index is 822. The van der Waals surface area contributed by atoms with Gasteiger partial charge >= 0.3 is 0 Å². The molecule has 0 spiro atoms. The molecule has 0 saturated heterocycles. The van der Waals surface area contributed by atoms with Gasteiger partial charge in [0, 0.05) is 41.5 Å².